The lowest BCUT2D eigenvalue weighted by Gasteiger charge is -2.41. The van der Waals surface area contributed by atoms with Gasteiger partial charge in [-0.2, -0.15) is 0 Å². The average molecular weight is 288 g/mol. The predicted molar refractivity (Wildman–Crippen MR) is 91.7 cm³/mol. The highest BCUT2D eigenvalue weighted by Crippen LogP contribution is 2.43. The molecule has 1 aromatic rings. The van der Waals surface area contributed by atoms with E-state index in [9.17, 15) is 0 Å². The van der Waals surface area contributed by atoms with E-state index in [1.165, 1.54) is 36.9 Å². The van der Waals surface area contributed by atoms with E-state index >= 15 is 0 Å². The maximum absolute atomic E-state index is 3.85. The average Bonchev–Trinajstić information content (AvgIpc) is 2.48. The first kappa shape index (κ1) is 16.5. The van der Waals surface area contributed by atoms with Crippen LogP contribution in [0, 0.1) is 5.41 Å². The monoisotopic (exact) mass is 288 g/mol. The molecular formula is C19H32N2. The lowest BCUT2D eigenvalue weighted by atomic mass is 9.70. The number of hydrogen-bond acceptors (Lipinski definition) is 2. The van der Waals surface area contributed by atoms with E-state index in [4.69, 9.17) is 0 Å². The van der Waals surface area contributed by atoms with Gasteiger partial charge in [0.2, 0.25) is 0 Å². The van der Waals surface area contributed by atoms with Gasteiger partial charge >= 0.3 is 0 Å². The van der Waals surface area contributed by atoms with Gasteiger partial charge in [-0.15, -0.1) is 0 Å². The Hall–Kier alpha value is -0.860. The van der Waals surface area contributed by atoms with Crippen molar-refractivity contribution in [3.63, 3.8) is 0 Å². The van der Waals surface area contributed by atoms with Crippen molar-refractivity contribution in [1.29, 1.82) is 0 Å². The Morgan fingerprint density at radius 1 is 1.19 bits per heavy atom. The zero-order valence-corrected chi connectivity index (χ0v) is 14.3. The van der Waals surface area contributed by atoms with Crippen molar-refractivity contribution in [2.75, 3.05) is 26.2 Å². The van der Waals surface area contributed by atoms with Crippen LogP contribution >= 0.6 is 0 Å². The summed E-state index contributed by atoms with van der Waals surface area (Å²) >= 11 is 0. The Bertz CT molecular complexity index is 439. The molecule has 1 unspecified atom stereocenters. The topological polar surface area (TPSA) is 15.3 Å². The van der Waals surface area contributed by atoms with Crippen LogP contribution in [0.2, 0.25) is 0 Å². The first-order valence-corrected chi connectivity index (χ1v) is 8.62. The Kier molecular flexibility index (Phi) is 5.83. The molecule has 0 heterocycles. The third-order valence-electron chi connectivity index (χ3n) is 4.95. The number of benzene rings is 1. The molecule has 1 atom stereocenters. The zero-order chi connectivity index (χ0) is 15.3. The minimum absolute atomic E-state index is 0.343. The molecule has 0 bridgehead atoms. The van der Waals surface area contributed by atoms with E-state index in [0.29, 0.717) is 11.5 Å². The summed E-state index contributed by atoms with van der Waals surface area (Å²) in [6, 6.07) is 9.47. The molecule has 1 aromatic carbocycles. The molecule has 0 saturated carbocycles. The second-order valence-corrected chi connectivity index (χ2v) is 7.01. The summed E-state index contributed by atoms with van der Waals surface area (Å²) in [7, 11) is 0. The molecule has 21 heavy (non-hydrogen) atoms. The lowest BCUT2D eigenvalue weighted by molar-refractivity contribution is 0.197. The Morgan fingerprint density at radius 3 is 2.67 bits per heavy atom. The van der Waals surface area contributed by atoms with Gasteiger partial charge < -0.3 is 10.2 Å². The molecule has 0 aromatic heterocycles. The molecule has 0 saturated heterocycles. The number of rotatable bonds is 7. The van der Waals surface area contributed by atoms with Crippen molar-refractivity contribution >= 4 is 0 Å². The van der Waals surface area contributed by atoms with E-state index in [0.717, 1.165) is 19.6 Å². The summed E-state index contributed by atoms with van der Waals surface area (Å²) in [5.74, 6) is 0. The second kappa shape index (κ2) is 7.42. The van der Waals surface area contributed by atoms with Crippen LogP contribution in [-0.2, 0) is 6.42 Å². The molecule has 1 aliphatic carbocycles. The highest BCUT2D eigenvalue weighted by molar-refractivity contribution is 5.34. The second-order valence-electron chi connectivity index (χ2n) is 7.01. The van der Waals surface area contributed by atoms with E-state index in [2.05, 4.69) is 62.2 Å². The van der Waals surface area contributed by atoms with Crippen molar-refractivity contribution in [2.45, 2.75) is 53.0 Å². The van der Waals surface area contributed by atoms with Gasteiger partial charge in [-0.05, 0) is 48.9 Å². The number of fused-ring (bicyclic) bond motifs is 1. The van der Waals surface area contributed by atoms with Crippen LogP contribution in [0.3, 0.4) is 0 Å². The van der Waals surface area contributed by atoms with Crippen LogP contribution in [0.4, 0.5) is 0 Å². The number of nitrogens with one attached hydrogen (secondary N) is 1. The SMILES string of the molecule is CCCN(CC)CCNC1c2ccccc2CCC1(C)C. The van der Waals surface area contributed by atoms with Crippen molar-refractivity contribution in [1.82, 2.24) is 10.2 Å². The van der Waals surface area contributed by atoms with Crippen LogP contribution < -0.4 is 5.32 Å². The van der Waals surface area contributed by atoms with Crippen molar-refractivity contribution < 1.29 is 0 Å². The molecule has 118 valence electrons. The number of nitrogens with zero attached hydrogens (tertiary/aromatic N) is 1. The molecule has 2 heteroatoms. The van der Waals surface area contributed by atoms with Crippen LogP contribution in [0.15, 0.2) is 24.3 Å². The zero-order valence-electron chi connectivity index (χ0n) is 14.3. The van der Waals surface area contributed by atoms with Gasteiger partial charge in [-0.1, -0.05) is 52.0 Å². The van der Waals surface area contributed by atoms with Crippen molar-refractivity contribution in [3.8, 4) is 0 Å². The van der Waals surface area contributed by atoms with Crippen molar-refractivity contribution in [3.05, 3.63) is 35.4 Å². The van der Waals surface area contributed by atoms with Gasteiger partial charge in [0.15, 0.2) is 0 Å². The molecule has 0 aliphatic heterocycles. The molecule has 1 aliphatic rings. The van der Waals surface area contributed by atoms with Gasteiger partial charge in [0.1, 0.15) is 0 Å². The van der Waals surface area contributed by atoms with Gasteiger partial charge in [-0.25, -0.2) is 0 Å². The van der Waals surface area contributed by atoms with Crippen LogP contribution in [0.1, 0.15) is 57.7 Å². The van der Waals surface area contributed by atoms with Gasteiger partial charge in [0, 0.05) is 19.1 Å². The summed E-state index contributed by atoms with van der Waals surface area (Å²) in [6.07, 6.45) is 3.73. The molecule has 0 spiro atoms. The standard InChI is InChI=1S/C19H32N2/c1-5-14-21(6-2)15-13-20-18-17-10-8-7-9-16(17)11-12-19(18,3)4/h7-10,18,20H,5-6,11-15H2,1-4H3. The maximum Gasteiger partial charge on any atom is 0.0375 e. The normalized spacial score (nSPS) is 20.5. The number of hydrogen-bond donors (Lipinski definition) is 1. The summed E-state index contributed by atoms with van der Waals surface area (Å²) in [5.41, 5.74) is 3.40. The van der Waals surface area contributed by atoms with Crippen molar-refractivity contribution in [2.24, 2.45) is 5.41 Å². The largest absolute Gasteiger partial charge is 0.308 e. The summed E-state index contributed by atoms with van der Waals surface area (Å²) in [4.78, 5) is 2.54. The summed E-state index contributed by atoms with van der Waals surface area (Å²) < 4.78 is 0. The molecular weight excluding hydrogens is 256 g/mol. The molecule has 0 fully saturated rings. The first-order valence-electron chi connectivity index (χ1n) is 8.62. The minimum atomic E-state index is 0.343. The van der Waals surface area contributed by atoms with Crippen LogP contribution in [-0.4, -0.2) is 31.1 Å². The number of aryl methyl sites for hydroxylation is 1. The van der Waals surface area contributed by atoms with E-state index < -0.39 is 0 Å². The molecule has 2 nitrogen and oxygen atoms in total. The van der Waals surface area contributed by atoms with Gasteiger partial charge in [0.05, 0.1) is 0 Å². The fraction of sp³-hybridized carbons (Fsp3) is 0.684. The molecule has 0 amide bonds. The minimum Gasteiger partial charge on any atom is -0.308 e. The summed E-state index contributed by atoms with van der Waals surface area (Å²) in [6.45, 7) is 13.9. The fourth-order valence-corrected chi connectivity index (χ4v) is 3.56. The van der Waals surface area contributed by atoms with Gasteiger partial charge in [0.25, 0.3) is 0 Å². The molecule has 2 rings (SSSR count). The molecule has 1 N–H and O–H groups in total. The number of likely N-dealkylation sites (N-methyl/N-ethyl adjacent to an activating group) is 1. The third kappa shape index (κ3) is 4.08. The highest BCUT2D eigenvalue weighted by atomic mass is 15.1. The maximum atomic E-state index is 3.85. The highest BCUT2D eigenvalue weighted by Gasteiger charge is 2.35. The lowest BCUT2D eigenvalue weighted by Crippen LogP contribution is -2.41. The quantitative estimate of drug-likeness (QED) is 0.815. The van der Waals surface area contributed by atoms with Gasteiger partial charge in [-0.3, -0.25) is 0 Å². The fourth-order valence-electron chi connectivity index (χ4n) is 3.56. The summed E-state index contributed by atoms with van der Waals surface area (Å²) in [5, 5.41) is 3.85. The van der Waals surface area contributed by atoms with E-state index in [1.54, 1.807) is 0 Å². The predicted octanol–water partition coefficient (Wildman–Crippen LogP) is 4.02. The first-order chi connectivity index (χ1) is 10.1. The Balaban J connectivity index is 2.00. The van der Waals surface area contributed by atoms with Crippen LogP contribution in [0.25, 0.3) is 0 Å². The Morgan fingerprint density at radius 2 is 1.95 bits per heavy atom. The molecule has 0 radical (unpaired) electrons. The van der Waals surface area contributed by atoms with E-state index in [-0.39, 0.29) is 0 Å². The third-order valence-corrected chi connectivity index (χ3v) is 4.95. The van der Waals surface area contributed by atoms with Crippen LogP contribution in [0.5, 0.6) is 0 Å². The van der Waals surface area contributed by atoms with E-state index in [1.807, 2.05) is 0 Å². The smallest absolute Gasteiger partial charge is 0.0375 e. The Labute approximate surface area is 130 Å².